The Balaban J connectivity index is 1.38. The normalized spacial score (nSPS) is 12.2. The molecule has 0 atom stereocenters. The highest BCUT2D eigenvalue weighted by molar-refractivity contribution is 6.19. The summed E-state index contributed by atoms with van der Waals surface area (Å²) >= 11 is 0. The fourth-order valence-corrected chi connectivity index (χ4v) is 7.45. The van der Waals surface area contributed by atoms with Crippen molar-refractivity contribution in [1.82, 2.24) is 9.13 Å². The fraction of sp³-hybridized carbons (Fsp3) is 0. The zero-order valence-electron chi connectivity index (χ0n) is 24.3. The highest BCUT2D eigenvalue weighted by atomic mass is 16.5. The lowest BCUT2D eigenvalue weighted by Gasteiger charge is -2.22. The first-order valence-corrected chi connectivity index (χ1v) is 15.4. The Hall–Kier alpha value is -6.06. The Kier molecular flexibility index (Phi) is 5.00. The molecule has 3 nitrogen and oxygen atoms in total. The lowest BCUT2D eigenvalue weighted by molar-refractivity contribution is 0.476. The first-order chi connectivity index (χ1) is 22.3. The van der Waals surface area contributed by atoms with Crippen LogP contribution in [0.3, 0.4) is 0 Å². The lowest BCUT2D eigenvalue weighted by atomic mass is 10.0. The molecule has 0 spiro atoms. The largest absolute Gasteiger partial charge is 0.453 e. The van der Waals surface area contributed by atoms with Gasteiger partial charge in [0.15, 0.2) is 11.5 Å². The highest BCUT2D eigenvalue weighted by Gasteiger charge is 2.24. The standard InChI is InChI=1S/C42H26N2O/c1-3-14-30-28(12-1)29-13-2-4-15-31(29)33-17-6-9-21-37(33)43(36-20-8-5-16-32(30)36)27-24-25-39-41(26-27)45-40-23-11-19-35-34-18-7-10-22-38(34)44(39)42(35)40/h1-26H. The van der Waals surface area contributed by atoms with E-state index in [9.17, 15) is 0 Å². The fourth-order valence-electron chi connectivity index (χ4n) is 7.45. The van der Waals surface area contributed by atoms with Crippen molar-refractivity contribution in [2.45, 2.75) is 0 Å². The van der Waals surface area contributed by atoms with E-state index in [1.807, 2.05) is 0 Å². The maximum Gasteiger partial charge on any atom is 0.153 e. The molecule has 3 heteroatoms. The first-order valence-electron chi connectivity index (χ1n) is 15.4. The molecule has 0 unspecified atom stereocenters. The second kappa shape index (κ2) is 9.22. The van der Waals surface area contributed by atoms with Gasteiger partial charge in [-0.3, -0.25) is 0 Å². The van der Waals surface area contributed by atoms with Gasteiger partial charge in [-0.2, -0.15) is 0 Å². The van der Waals surface area contributed by atoms with Gasteiger partial charge in [-0.1, -0.05) is 115 Å². The number of para-hydroxylation sites is 4. The molecule has 9 aromatic rings. The average Bonchev–Trinajstić information content (AvgIpc) is 3.46. The van der Waals surface area contributed by atoms with Crippen LogP contribution in [0, 0.1) is 0 Å². The second-order valence-electron chi connectivity index (χ2n) is 11.7. The van der Waals surface area contributed by atoms with Crippen molar-refractivity contribution < 1.29 is 4.74 Å². The summed E-state index contributed by atoms with van der Waals surface area (Å²) in [5.41, 5.74) is 6.63. The van der Waals surface area contributed by atoms with Gasteiger partial charge in [0.25, 0.3) is 0 Å². The van der Waals surface area contributed by atoms with Crippen molar-refractivity contribution >= 4 is 65.2 Å². The summed E-state index contributed by atoms with van der Waals surface area (Å²) in [5, 5.41) is 9.68. The molecule has 0 radical (unpaired) electrons. The molecule has 10 rings (SSSR count). The Morgan fingerprint density at radius 2 is 0.778 bits per heavy atom. The monoisotopic (exact) mass is 574 g/mol. The van der Waals surface area contributed by atoms with Crippen molar-refractivity contribution in [3.63, 3.8) is 0 Å². The summed E-state index contributed by atoms with van der Waals surface area (Å²) < 4.78 is 11.5. The van der Waals surface area contributed by atoms with Crippen LogP contribution in [-0.2, 0) is 0 Å². The van der Waals surface area contributed by atoms with Crippen LogP contribution in [0.25, 0.3) is 76.5 Å². The number of ether oxygens (including phenoxy) is 1. The maximum absolute atomic E-state index is 6.73. The number of hydrogen-bond acceptors (Lipinski definition) is 1. The van der Waals surface area contributed by atoms with Gasteiger partial charge < -0.3 is 13.9 Å². The van der Waals surface area contributed by atoms with Crippen molar-refractivity contribution in [2.24, 2.45) is 0 Å². The number of benzene rings is 7. The van der Waals surface area contributed by atoms with Gasteiger partial charge in [-0.25, -0.2) is 0 Å². The van der Waals surface area contributed by atoms with Crippen LogP contribution in [0.2, 0.25) is 0 Å². The minimum Gasteiger partial charge on any atom is -0.453 e. The van der Waals surface area contributed by atoms with Crippen molar-refractivity contribution in [3.05, 3.63) is 158 Å². The minimum atomic E-state index is 0.837. The van der Waals surface area contributed by atoms with E-state index >= 15 is 0 Å². The summed E-state index contributed by atoms with van der Waals surface area (Å²) in [7, 11) is 0. The Morgan fingerprint density at radius 1 is 0.333 bits per heavy atom. The number of fused-ring (bicyclic) bond motifs is 12. The van der Waals surface area contributed by atoms with E-state index in [4.69, 9.17) is 4.74 Å². The SMILES string of the molecule is c1ccc2c(c1)c1ccccc1c1ccccc1n(-c1ccc3c(c1)Oc1cccc4c5ccccc5n-3c14)c1ccccc21. The average molecular weight is 575 g/mol. The third kappa shape index (κ3) is 3.41. The molecule has 0 N–H and O–H groups in total. The third-order valence-corrected chi connectivity index (χ3v) is 9.33. The maximum atomic E-state index is 6.73. The van der Waals surface area contributed by atoms with E-state index in [2.05, 4.69) is 167 Å². The van der Waals surface area contributed by atoms with E-state index < -0.39 is 0 Å². The molecule has 0 fully saturated rings. The van der Waals surface area contributed by atoms with E-state index in [1.54, 1.807) is 0 Å². The van der Waals surface area contributed by atoms with Crippen LogP contribution in [0.5, 0.6) is 11.5 Å². The zero-order valence-corrected chi connectivity index (χ0v) is 24.3. The van der Waals surface area contributed by atoms with Crippen LogP contribution in [0.1, 0.15) is 0 Å². The van der Waals surface area contributed by atoms with Gasteiger partial charge in [0, 0.05) is 27.6 Å². The van der Waals surface area contributed by atoms with Crippen molar-refractivity contribution in [2.75, 3.05) is 0 Å². The summed E-state index contributed by atoms with van der Waals surface area (Å²) in [4.78, 5) is 0. The first kappa shape index (κ1) is 24.4. The number of hydrogen-bond donors (Lipinski definition) is 0. The Labute approximate surface area is 259 Å². The van der Waals surface area contributed by atoms with E-state index in [0.29, 0.717) is 0 Å². The molecule has 0 aliphatic carbocycles. The smallest absolute Gasteiger partial charge is 0.153 e. The number of rotatable bonds is 1. The molecule has 1 aliphatic rings. The number of nitrogens with zero attached hydrogens (tertiary/aromatic N) is 2. The van der Waals surface area contributed by atoms with E-state index in [0.717, 1.165) is 39.4 Å². The zero-order chi connectivity index (χ0) is 29.5. The summed E-state index contributed by atoms with van der Waals surface area (Å²) in [5.74, 6) is 1.71. The molecule has 45 heavy (non-hydrogen) atoms. The quantitative estimate of drug-likeness (QED) is 0.191. The molecule has 0 saturated carbocycles. The van der Waals surface area contributed by atoms with Crippen molar-refractivity contribution in [3.8, 4) is 22.9 Å². The topological polar surface area (TPSA) is 19.1 Å². The second-order valence-corrected chi connectivity index (χ2v) is 11.7. The van der Waals surface area contributed by atoms with Gasteiger partial charge >= 0.3 is 0 Å². The predicted molar refractivity (Wildman–Crippen MR) is 188 cm³/mol. The van der Waals surface area contributed by atoms with Gasteiger partial charge in [-0.15, -0.1) is 0 Å². The van der Waals surface area contributed by atoms with E-state index in [1.165, 1.54) is 48.6 Å². The highest BCUT2D eigenvalue weighted by Crippen LogP contribution is 2.46. The molecule has 210 valence electrons. The van der Waals surface area contributed by atoms with Gasteiger partial charge in [0.2, 0.25) is 0 Å². The van der Waals surface area contributed by atoms with E-state index in [-0.39, 0.29) is 0 Å². The summed E-state index contributed by atoms with van der Waals surface area (Å²) in [6.07, 6.45) is 0. The molecule has 1 aliphatic heterocycles. The molecule has 0 saturated heterocycles. The van der Waals surface area contributed by atoms with Crippen LogP contribution in [0.4, 0.5) is 0 Å². The van der Waals surface area contributed by atoms with Crippen LogP contribution < -0.4 is 4.74 Å². The molecule has 0 amide bonds. The van der Waals surface area contributed by atoms with Crippen LogP contribution >= 0.6 is 0 Å². The van der Waals surface area contributed by atoms with Gasteiger partial charge in [0.05, 0.1) is 33.4 Å². The van der Waals surface area contributed by atoms with Gasteiger partial charge in [0.1, 0.15) is 0 Å². The third-order valence-electron chi connectivity index (χ3n) is 9.33. The molecule has 3 heterocycles. The van der Waals surface area contributed by atoms with Gasteiger partial charge in [-0.05, 0) is 57.9 Å². The van der Waals surface area contributed by atoms with Crippen LogP contribution in [-0.4, -0.2) is 9.13 Å². The summed E-state index contributed by atoms with van der Waals surface area (Å²) in [6, 6.07) is 56.7. The summed E-state index contributed by atoms with van der Waals surface area (Å²) in [6.45, 7) is 0. The van der Waals surface area contributed by atoms with Crippen molar-refractivity contribution in [1.29, 1.82) is 0 Å². The predicted octanol–water partition coefficient (Wildman–Crippen LogP) is 11.4. The molecule has 2 aromatic heterocycles. The molecule has 0 bridgehead atoms. The molecule has 7 aromatic carbocycles. The Morgan fingerprint density at radius 3 is 1.36 bits per heavy atom. The van der Waals surface area contributed by atoms with Crippen LogP contribution in [0.15, 0.2) is 158 Å². The lowest BCUT2D eigenvalue weighted by Crippen LogP contribution is -2.06. The minimum absolute atomic E-state index is 0.837. The molecular weight excluding hydrogens is 548 g/mol. The molecular formula is C42H26N2O. The number of aromatic nitrogens is 2. The Bertz CT molecular complexity index is 2640.